The van der Waals surface area contributed by atoms with Gasteiger partial charge >= 0.3 is 6.03 Å². The van der Waals surface area contributed by atoms with Crippen LogP contribution in [0.15, 0.2) is 49.1 Å². The molecule has 1 unspecified atom stereocenters. The molecule has 1 fully saturated rings. The second kappa shape index (κ2) is 12.8. The Morgan fingerprint density at radius 1 is 1.18 bits per heavy atom. The van der Waals surface area contributed by atoms with Crippen LogP contribution in [0.5, 0.6) is 0 Å². The van der Waals surface area contributed by atoms with Crippen LogP contribution in [0.25, 0.3) is 16.9 Å². The van der Waals surface area contributed by atoms with Gasteiger partial charge in [-0.3, -0.25) is 15.0 Å². The van der Waals surface area contributed by atoms with E-state index >= 15 is 0 Å². The molecule has 1 atom stereocenters. The lowest BCUT2D eigenvalue weighted by Crippen LogP contribution is -2.24. The molecule has 40 heavy (non-hydrogen) atoms. The zero-order valence-corrected chi connectivity index (χ0v) is 23.1. The molecule has 0 bridgehead atoms. The van der Waals surface area contributed by atoms with Crippen LogP contribution in [-0.4, -0.2) is 68.8 Å². The highest BCUT2D eigenvalue weighted by atomic mass is 19.2. The molecule has 1 aliphatic rings. The van der Waals surface area contributed by atoms with E-state index in [1.165, 1.54) is 12.1 Å². The topological polar surface area (TPSA) is 116 Å². The van der Waals surface area contributed by atoms with Gasteiger partial charge in [0.05, 0.1) is 24.7 Å². The average molecular weight is 553 g/mol. The van der Waals surface area contributed by atoms with Gasteiger partial charge in [-0.05, 0) is 62.1 Å². The number of primary amides is 1. The molecule has 0 radical (unpaired) electrons. The van der Waals surface area contributed by atoms with Crippen LogP contribution in [0.4, 0.5) is 19.4 Å². The highest BCUT2D eigenvalue weighted by Crippen LogP contribution is 2.30. The molecule has 0 saturated carbocycles. The number of methoxy groups -OCH3 is 1. The number of nitrogens with two attached hydrogens (primary N) is 1. The molecule has 2 amide bonds. The van der Waals surface area contributed by atoms with E-state index in [1.54, 1.807) is 41.1 Å². The second-order valence-electron chi connectivity index (χ2n) is 9.80. The summed E-state index contributed by atoms with van der Waals surface area (Å²) in [6.07, 6.45) is 8.01. The van der Waals surface area contributed by atoms with E-state index in [9.17, 15) is 13.6 Å². The minimum absolute atomic E-state index is 0.307. The van der Waals surface area contributed by atoms with Crippen molar-refractivity contribution in [3.8, 4) is 16.9 Å². The number of aromatic nitrogens is 5. The predicted molar refractivity (Wildman–Crippen MR) is 148 cm³/mol. The van der Waals surface area contributed by atoms with E-state index in [-0.39, 0.29) is 0 Å². The molecule has 10 nitrogen and oxygen atoms in total. The van der Waals surface area contributed by atoms with Gasteiger partial charge in [0.2, 0.25) is 0 Å². The molecule has 0 spiro atoms. The molecule has 4 heterocycles. The fourth-order valence-corrected chi connectivity index (χ4v) is 4.71. The average Bonchev–Trinajstić information content (AvgIpc) is 3.64. The molecular formula is C28H34F2N8O2. The summed E-state index contributed by atoms with van der Waals surface area (Å²) in [6, 6.07) is 5.50. The number of pyridine rings is 1. The van der Waals surface area contributed by atoms with Crippen molar-refractivity contribution in [3.05, 3.63) is 77.4 Å². The Labute approximate surface area is 231 Å². The number of ether oxygens (including phenoxy) is 1. The van der Waals surface area contributed by atoms with E-state index in [1.807, 2.05) is 33.2 Å². The van der Waals surface area contributed by atoms with Crippen molar-refractivity contribution in [2.45, 2.75) is 26.2 Å². The number of carbonyl (C=O) groups excluding carboxylic acids is 1. The first-order chi connectivity index (χ1) is 19.2. The number of carbonyl (C=O) groups is 1. The Bertz CT molecular complexity index is 1470. The minimum atomic E-state index is -0.775. The van der Waals surface area contributed by atoms with Crippen LogP contribution < -0.4 is 11.1 Å². The first-order valence-corrected chi connectivity index (χ1v) is 12.9. The molecular weight excluding hydrogens is 518 g/mol. The molecule has 1 aromatic carbocycles. The number of halogens is 2. The number of hydrogen-bond acceptors (Lipinski definition) is 6. The third kappa shape index (κ3) is 6.88. The number of likely N-dealkylation sites (tertiary alicyclic amines) is 1. The van der Waals surface area contributed by atoms with Crippen molar-refractivity contribution < 1.29 is 18.3 Å². The lowest BCUT2D eigenvalue weighted by atomic mass is 9.98. The fourth-order valence-electron chi connectivity index (χ4n) is 4.71. The number of nitrogens with zero attached hydrogens (tertiary/aromatic N) is 6. The summed E-state index contributed by atoms with van der Waals surface area (Å²) >= 11 is 0. The highest BCUT2D eigenvalue weighted by molar-refractivity contribution is 5.89. The lowest BCUT2D eigenvalue weighted by Gasteiger charge is -2.15. The molecule has 1 saturated heterocycles. The summed E-state index contributed by atoms with van der Waals surface area (Å²) in [4.78, 5) is 17.8. The van der Waals surface area contributed by atoms with Gasteiger partial charge in [-0.1, -0.05) is 6.07 Å². The molecule has 212 valence electrons. The maximum atomic E-state index is 13.1. The van der Waals surface area contributed by atoms with E-state index in [4.69, 9.17) is 10.5 Å². The molecule has 1 aliphatic heterocycles. The Balaban J connectivity index is 0.000000194. The molecule has 12 heteroatoms. The van der Waals surface area contributed by atoms with Gasteiger partial charge in [0, 0.05) is 50.8 Å². The first-order valence-electron chi connectivity index (χ1n) is 12.9. The molecule has 0 aliphatic carbocycles. The van der Waals surface area contributed by atoms with Crippen LogP contribution in [0, 0.1) is 25.5 Å². The van der Waals surface area contributed by atoms with Gasteiger partial charge in [-0.2, -0.15) is 10.2 Å². The number of nitrogens with one attached hydrogen (secondary N) is 1. The number of amides is 2. The summed E-state index contributed by atoms with van der Waals surface area (Å²) in [6.45, 7) is 7.32. The van der Waals surface area contributed by atoms with Crippen molar-refractivity contribution in [1.82, 2.24) is 29.4 Å². The SMILES string of the molecule is COCCN1CCC(c2ccc(F)c(F)c2)C1.Cc1cncc(-n2nc(-c3cnn(C)c3)c(C)c2NC(N)=O)c1. The zero-order valence-electron chi connectivity index (χ0n) is 23.1. The Kier molecular flexibility index (Phi) is 9.22. The van der Waals surface area contributed by atoms with E-state index in [0.29, 0.717) is 18.3 Å². The Morgan fingerprint density at radius 3 is 2.62 bits per heavy atom. The standard InChI is InChI=1S/C15H17N7O.C13H17F2NO/c1-9-4-12(7-17-5-9)22-14(19-15(16)23)10(2)13(20-22)11-6-18-21(3)8-11;1-17-7-6-16-5-4-11(9-16)10-2-3-12(14)13(15)8-10/h4-8H,1-3H3,(H3,16,19,23);2-3,8,11H,4-7,9H2,1H3. The predicted octanol–water partition coefficient (Wildman–Crippen LogP) is 4.18. The summed E-state index contributed by atoms with van der Waals surface area (Å²) in [5.41, 5.74) is 10.3. The van der Waals surface area contributed by atoms with Gasteiger partial charge in [-0.15, -0.1) is 0 Å². The summed E-state index contributed by atoms with van der Waals surface area (Å²) in [5, 5.41) is 11.4. The zero-order chi connectivity index (χ0) is 28.8. The van der Waals surface area contributed by atoms with Crippen LogP contribution in [0.2, 0.25) is 0 Å². The third-order valence-corrected chi connectivity index (χ3v) is 6.75. The smallest absolute Gasteiger partial charge is 0.317 e. The van der Waals surface area contributed by atoms with Crippen molar-refractivity contribution in [3.63, 3.8) is 0 Å². The quantitative estimate of drug-likeness (QED) is 0.356. The van der Waals surface area contributed by atoms with Gasteiger partial charge in [-0.25, -0.2) is 18.3 Å². The second-order valence-corrected chi connectivity index (χ2v) is 9.80. The van der Waals surface area contributed by atoms with Crippen molar-refractivity contribution >= 4 is 11.8 Å². The number of rotatable bonds is 7. The summed E-state index contributed by atoms with van der Waals surface area (Å²) in [5.74, 6) is -0.702. The normalized spacial score (nSPS) is 15.1. The first kappa shape index (κ1) is 28.8. The molecule has 4 aromatic rings. The number of urea groups is 1. The van der Waals surface area contributed by atoms with Crippen LogP contribution in [0.3, 0.4) is 0 Å². The van der Waals surface area contributed by atoms with Gasteiger partial charge in [0.15, 0.2) is 11.6 Å². The molecule has 3 N–H and O–H groups in total. The fraction of sp³-hybridized carbons (Fsp3) is 0.357. The van der Waals surface area contributed by atoms with Gasteiger partial charge in [0.25, 0.3) is 0 Å². The Hall–Kier alpha value is -4.16. The number of hydrogen-bond donors (Lipinski definition) is 2. The Morgan fingerprint density at radius 2 is 1.98 bits per heavy atom. The van der Waals surface area contributed by atoms with Crippen LogP contribution in [-0.2, 0) is 11.8 Å². The third-order valence-electron chi connectivity index (χ3n) is 6.75. The van der Waals surface area contributed by atoms with E-state index in [0.717, 1.165) is 59.7 Å². The molecule has 3 aromatic heterocycles. The van der Waals surface area contributed by atoms with E-state index < -0.39 is 17.7 Å². The maximum Gasteiger partial charge on any atom is 0.317 e. The van der Waals surface area contributed by atoms with Crippen molar-refractivity contribution in [1.29, 1.82) is 0 Å². The van der Waals surface area contributed by atoms with Crippen molar-refractivity contribution in [2.75, 3.05) is 38.7 Å². The number of benzene rings is 1. The lowest BCUT2D eigenvalue weighted by molar-refractivity contribution is 0.160. The van der Waals surface area contributed by atoms with Crippen LogP contribution >= 0.6 is 0 Å². The van der Waals surface area contributed by atoms with E-state index in [2.05, 4.69) is 25.4 Å². The summed E-state index contributed by atoms with van der Waals surface area (Å²) < 4.78 is 34.3. The minimum Gasteiger partial charge on any atom is -0.383 e. The van der Waals surface area contributed by atoms with Gasteiger partial charge < -0.3 is 15.4 Å². The summed E-state index contributed by atoms with van der Waals surface area (Å²) in [7, 11) is 3.52. The highest BCUT2D eigenvalue weighted by Gasteiger charge is 2.24. The van der Waals surface area contributed by atoms with Gasteiger partial charge in [0.1, 0.15) is 11.5 Å². The number of anilines is 1. The number of aryl methyl sites for hydroxylation is 2. The largest absolute Gasteiger partial charge is 0.383 e. The van der Waals surface area contributed by atoms with Crippen molar-refractivity contribution in [2.24, 2.45) is 12.8 Å². The van der Waals surface area contributed by atoms with Crippen LogP contribution in [0.1, 0.15) is 29.0 Å². The molecule has 5 rings (SSSR count). The maximum absolute atomic E-state index is 13.1. The monoisotopic (exact) mass is 552 g/mol.